The monoisotopic (exact) mass is 462 g/mol. The molecule has 1 aliphatic heterocycles. The SMILES string of the molecule is Cc1cc(-c2cn(CC(=O)N3CCN(c4ncccn4)CC3)c(C3CCCCC3)n2)ccc1F. The van der Waals surface area contributed by atoms with Crippen LogP contribution in [-0.4, -0.2) is 56.5 Å². The molecular formula is C26H31FN6O. The van der Waals surface area contributed by atoms with Gasteiger partial charge in [0.15, 0.2) is 0 Å². The number of aromatic nitrogens is 4. The first kappa shape index (κ1) is 22.5. The molecule has 3 aromatic rings. The number of hydrogen-bond donors (Lipinski definition) is 0. The van der Waals surface area contributed by atoms with Gasteiger partial charge in [-0.05, 0) is 49.6 Å². The van der Waals surface area contributed by atoms with Crippen molar-refractivity contribution in [2.45, 2.75) is 51.5 Å². The summed E-state index contributed by atoms with van der Waals surface area (Å²) in [6, 6.07) is 6.90. The van der Waals surface area contributed by atoms with Crippen molar-refractivity contribution in [3.63, 3.8) is 0 Å². The predicted octanol–water partition coefficient (Wildman–Crippen LogP) is 4.18. The summed E-state index contributed by atoms with van der Waals surface area (Å²) in [5, 5.41) is 0. The van der Waals surface area contributed by atoms with Crippen molar-refractivity contribution in [1.29, 1.82) is 0 Å². The maximum absolute atomic E-state index is 13.8. The van der Waals surface area contributed by atoms with E-state index in [4.69, 9.17) is 4.98 Å². The van der Waals surface area contributed by atoms with Gasteiger partial charge in [0.1, 0.15) is 18.2 Å². The van der Waals surface area contributed by atoms with Crippen molar-refractivity contribution >= 4 is 11.9 Å². The van der Waals surface area contributed by atoms with Crippen molar-refractivity contribution < 1.29 is 9.18 Å². The fraction of sp³-hybridized carbons (Fsp3) is 0.462. The average molecular weight is 463 g/mol. The van der Waals surface area contributed by atoms with Crippen LogP contribution in [0.5, 0.6) is 0 Å². The molecule has 0 radical (unpaired) electrons. The zero-order valence-corrected chi connectivity index (χ0v) is 19.7. The second kappa shape index (κ2) is 9.91. The van der Waals surface area contributed by atoms with Crippen LogP contribution in [0.15, 0.2) is 42.9 Å². The lowest BCUT2D eigenvalue weighted by Gasteiger charge is -2.35. The highest BCUT2D eigenvalue weighted by Crippen LogP contribution is 2.34. The summed E-state index contributed by atoms with van der Waals surface area (Å²) in [6.07, 6.45) is 11.3. The Morgan fingerprint density at radius 1 is 1.06 bits per heavy atom. The summed E-state index contributed by atoms with van der Waals surface area (Å²) in [4.78, 5) is 30.9. The van der Waals surface area contributed by atoms with Crippen LogP contribution in [0.2, 0.25) is 0 Å². The molecule has 1 saturated heterocycles. The van der Waals surface area contributed by atoms with Crippen LogP contribution in [0.3, 0.4) is 0 Å². The van der Waals surface area contributed by atoms with Crippen LogP contribution in [0.1, 0.15) is 49.4 Å². The van der Waals surface area contributed by atoms with Gasteiger partial charge < -0.3 is 14.4 Å². The average Bonchev–Trinajstić information content (AvgIpc) is 3.30. The number of carbonyl (C=O) groups is 1. The van der Waals surface area contributed by atoms with Crippen molar-refractivity contribution in [3.05, 3.63) is 60.1 Å². The van der Waals surface area contributed by atoms with Crippen LogP contribution in [0.4, 0.5) is 10.3 Å². The molecule has 0 spiro atoms. The minimum Gasteiger partial charge on any atom is -0.338 e. The Balaban J connectivity index is 1.33. The first-order valence-corrected chi connectivity index (χ1v) is 12.2. The second-order valence-corrected chi connectivity index (χ2v) is 9.33. The Bertz CT molecular complexity index is 1130. The molecule has 2 aromatic heterocycles. The Kier molecular flexibility index (Phi) is 6.56. The lowest BCUT2D eigenvalue weighted by molar-refractivity contribution is -0.132. The molecule has 7 nitrogen and oxygen atoms in total. The molecule has 1 saturated carbocycles. The highest BCUT2D eigenvalue weighted by molar-refractivity contribution is 5.76. The molecule has 34 heavy (non-hydrogen) atoms. The number of piperazine rings is 1. The minimum atomic E-state index is -0.217. The number of imidazole rings is 1. The number of nitrogens with zero attached hydrogens (tertiary/aromatic N) is 6. The van der Waals surface area contributed by atoms with E-state index in [2.05, 4.69) is 14.9 Å². The molecule has 2 aliphatic rings. The first-order valence-electron chi connectivity index (χ1n) is 12.2. The van der Waals surface area contributed by atoms with Gasteiger partial charge in [-0.15, -0.1) is 0 Å². The van der Waals surface area contributed by atoms with Crippen LogP contribution in [-0.2, 0) is 11.3 Å². The number of aryl methyl sites for hydroxylation is 1. The van der Waals surface area contributed by atoms with Gasteiger partial charge in [-0.3, -0.25) is 4.79 Å². The van der Waals surface area contributed by atoms with Gasteiger partial charge in [0.05, 0.1) is 5.69 Å². The molecule has 5 rings (SSSR count). The molecule has 1 amide bonds. The molecule has 1 aromatic carbocycles. The van der Waals surface area contributed by atoms with Gasteiger partial charge in [-0.1, -0.05) is 19.3 Å². The Morgan fingerprint density at radius 3 is 2.50 bits per heavy atom. The van der Waals surface area contributed by atoms with Gasteiger partial charge in [-0.2, -0.15) is 0 Å². The molecule has 0 unspecified atom stereocenters. The van der Waals surface area contributed by atoms with E-state index in [0.29, 0.717) is 30.5 Å². The van der Waals surface area contributed by atoms with Crippen LogP contribution in [0, 0.1) is 12.7 Å². The number of carbonyl (C=O) groups excluding carboxylic acids is 1. The standard InChI is InChI=1S/C26H31FN6O/c1-19-16-21(8-9-22(19)27)23-17-33(25(30-23)20-6-3-2-4-7-20)18-24(34)31-12-14-32(15-13-31)26-28-10-5-11-29-26/h5,8-11,16-17,20H,2-4,6-7,12-15,18H2,1H3. The van der Waals surface area contributed by atoms with E-state index in [1.165, 1.54) is 25.3 Å². The van der Waals surface area contributed by atoms with E-state index in [1.807, 2.05) is 21.7 Å². The van der Waals surface area contributed by atoms with E-state index in [0.717, 1.165) is 43.0 Å². The largest absolute Gasteiger partial charge is 0.338 e. The molecule has 3 heterocycles. The number of hydrogen-bond acceptors (Lipinski definition) is 5. The maximum atomic E-state index is 13.8. The van der Waals surface area contributed by atoms with E-state index < -0.39 is 0 Å². The molecule has 0 bridgehead atoms. The summed E-state index contributed by atoms with van der Waals surface area (Å²) >= 11 is 0. The summed E-state index contributed by atoms with van der Waals surface area (Å²) in [6.45, 7) is 4.77. The molecule has 2 fully saturated rings. The van der Waals surface area contributed by atoms with Gasteiger partial charge in [0, 0.05) is 56.3 Å². The summed E-state index contributed by atoms with van der Waals surface area (Å²) in [5.41, 5.74) is 2.30. The van der Waals surface area contributed by atoms with E-state index in [-0.39, 0.29) is 18.3 Å². The number of amides is 1. The van der Waals surface area contributed by atoms with Crippen molar-refractivity contribution in [1.82, 2.24) is 24.4 Å². The number of rotatable bonds is 5. The Hall–Kier alpha value is -3.29. The highest BCUT2D eigenvalue weighted by Gasteiger charge is 2.26. The summed E-state index contributed by atoms with van der Waals surface area (Å²) in [7, 11) is 0. The molecular weight excluding hydrogens is 431 g/mol. The van der Waals surface area contributed by atoms with Gasteiger partial charge in [0.2, 0.25) is 11.9 Å². The van der Waals surface area contributed by atoms with E-state index >= 15 is 0 Å². The predicted molar refractivity (Wildman–Crippen MR) is 129 cm³/mol. The Labute approximate surface area is 199 Å². The van der Waals surface area contributed by atoms with E-state index in [9.17, 15) is 9.18 Å². The van der Waals surface area contributed by atoms with Gasteiger partial charge >= 0.3 is 0 Å². The lowest BCUT2D eigenvalue weighted by atomic mass is 9.88. The molecule has 0 atom stereocenters. The quantitative estimate of drug-likeness (QED) is 0.569. The highest BCUT2D eigenvalue weighted by atomic mass is 19.1. The minimum absolute atomic E-state index is 0.102. The van der Waals surface area contributed by atoms with Gasteiger partial charge in [0.25, 0.3) is 0 Å². The lowest BCUT2D eigenvalue weighted by Crippen LogP contribution is -2.50. The third-order valence-corrected chi connectivity index (χ3v) is 7.00. The van der Waals surface area contributed by atoms with Crippen molar-refractivity contribution in [2.24, 2.45) is 0 Å². The Morgan fingerprint density at radius 2 is 1.79 bits per heavy atom. The third kappa shape index (κ3) is 4.81. The van der Waals surface area contributed by atoms with Crippen molar-refractivity contribution in [2.75, 3.05) is 31.1 Å². The fourth-order valence-electron chi connectivity index (χ4n) is 5.04. The maximum Gasteiger partial charge on any atom is 0.242 e. The molecule has 8 heteroatoms. The smallest absolute Gasteiger partial charge is 0.242 e. The first-order chi connectivity index (χ1) is 16.6. The van der Waals surface area contributed by atoms with Gasteiger partial charge in [-0.25, -0.2) is 19.3 Å². The van der Waals surface area contributed by atoms with E-state index in [1.54, 1.807) is 31.5 Å². The zero-order valence-electron chi connectivity index (χ0n) is 19.7. The summed E-state index contributed by atoms with van der Waals surface area (Å²) in [5.74, 6) is 1.95. The number of benzene rings is 1. The van der Waals surface area contributed by atoms with Crippen LogP contribution in [0.25, 0.3) is 11.3 Å². The third-order valence-electron chi connectivity index (χ3n) is 7.00. The zero-order chi connectivity index (χ0) is 23.5. The fourth-order valence-corrected chi connectivity index (χ4v) is 5.04. The number of anilines is 1. The molecule has 178 valence electrons. The van der Waals surface area contributed by atoms with Crippen molar-refractivity contribution in [3.8, 4) is 11.3 Å². The molecule has 1 aliphatic carbocycles. The topological polar surface area (TPSA) is 67.2 Å². The second-order valence-electron chi connectivity index (χ2n) is 9.33. The molecule has 0 N–H and O–H groups in total. The normalized spacial score (nSPS) is 17.2. The van der Waals surface area contributed by atoms with Crippen LogP contribution < -0.4 is 4.90 Å². The van der Waals surface area contributed by atoms with Crippen LogP contribution >= 0.6 is 0 Å². The summed E-state index contributed by atoms with van der Waals surface area (Å²) < 4.78 is 15.9. The number of halogens is 1.